The minimum absolute atomic E-state index is 0.0941. The number of nitrogens with zero attached hydrogens (tertiary/aromatic N) is 3. The second-order valence-electron chi connectivity index (χ2n) is 9.46. The molecule has 0 saturated carbocycles. The van der Waals surface area contributed by atoms with Crippen LogP contribution in [0, 0.1) is 30.2 Å². The van der Waals surface area contributed by atoms with E-state index in [-0.39, 0.29) is 34.4 Å². The molecule has 2 aromatic carbocycles. The first-order valence-electron chi connectivity index (χ1n) is 12.4. The van der Waals surface area contributed by atoms with E-state index < -0.39 is 44.1 Å². The molecule has 2 N–H and O–H groups in total. The molecule has 0 atom stereocenters. The van der Waals surface area contributed by atoms with Gasteiger partial charge in [-0.1, -0.05) is 17.3 Å². The van der Waals surface area contributed by atoms with Crippen LogP contribution in [0.5, 0.6) is 0 Å². The largest absolute Gasteiger partial charge is 0.363 e. The predicted octanol–water partition coefficient (Wildman–Crippen LogP) is 5.50. The van der Waals surface area contributed by atoms with Crippen molar-refractivity contribution in [1.82, 2.24) is 15.0 Å². The van der Waals surface area contributed by atoms with E-state index in [1.807, 2.05) is 0 Å². The van der Waals surface area contributed by atoms with Gasteiger partial charge < -0.3 is 14.7 Å². The van der Waals surface area contributed by atoms with Crippen molar-refractivity contribution in [2.75, 3.05) is 23.1 Å². The molecule has 4 aromatic rings. The van der Waals surface area contributed by atoms with E-state index in [1.54, 1.807) is 12.1 Å². The molecule has 1 saturated heterocycles. The van der Waals surface area contributed by atoms with E-state index in [0.29, 0.717) is 38.1 Å². The molecule has 3 heterocycles. The van der Waals surface area contributed by atoms with Crippen LogP contribution in [0.4, 0.5) is 34.8 Å². The van der Waals surface area contributed by atoms with Gasteiger partial charge in [-0.05, 0) is 43.4 Å². The third-order valence-electron chi connectivity index (χ3n) is 6.81. The lowest BCUT2D eigenvalue weighted by molar-refractivity contribution is 0.0713. The molecule has 41 heavy (non-hydrogen) atoms. The van der Waals surface area contributed by atoms with Crippen molar-refractivity contribution in [2.24, 2.45) is 0 Å². The summed E-state index contributed by atoms with van der Waals surface area (Å²) in [6, 6.07) is 8.45. The molecule has 1 aliphatic heterocycles. The Bertz CT molecular complexity index is 1690. The number of carbonyl (C=O) groups is 1. The van der Waals surface area contributed by atoms with E-state index in [2.05, 4.69) is 24.7 Å². The maximum Gasteiger partial charge on any atom is 0.280 e. The summed E-state index contributed by atoms with van der Waals surface area (Å²) in [5.41, 5.74) is -0.149. The molecule has 14 heteroatoms. The highest BCUT2D eigenvalue weighted by atomic mass is 32.2. The molecule has 1 fully saturated rings. The Hall–Kier alpha value is -4.46. The highest BCUT2D eigenvalue weighted by molar-refractivity contribution is 7.92. The SMILES string of the molecule is Cc1c(S(=O)(=O)Nc2ccon2)ncc(C(=O)N2CCC(c3ccc(F)cc3)CC2)c1Nc1cc(F)cc(F)c1F. The molecule has 0 bridgehead atoms. The number of benzene rings is 2. The second-order valence-corrected chi connectivity index (χ2v) is 11.1. The Morgan fingerprint density at radius 1 is 1.02 bits per heavy atom. The summed E-state index contributed by atoms with van der Waals surface area (Å²) >= 11 is 0. The Kier molecular flexibility index (Phi) is 7.67. The number of aromatic nitrogens is 2. The van der Waals surface area contributed by atoms with E-state index in [9.17, 15) is 30.8 Å². The van der Waals surface area contributed by atoms with Crippen LogP contribution in [0.3, 0.4) is 0 Å². The molecule has 0 aliphatic carbocycles. The highest BCUT2D eigenvalue weighted by Crippen LogP contribution is 2.34. The van der Waals surface area contributed by atoms with Crippen LogP contribution in [0.25, 0.3) is 0 Å². The zero-order chi connectivity index (χ0) is 29.3. The molecule has 214 valence electrons. The number of nitrogens with one attached hydrogen (secondary N) is 2. The molecule has 0 radical (unpaired) electrons. The van der Waals surface area contributed by atoms with Crippen LogP contribution in [-0.2, 0) is 10.0 Å². The first kappa shape index (κ1) is 28.1. The number of carbonyl (C=O) groups excluding carboxylic acids is 1. The van der Waals surface area contributed by atoms with Crippen LogP contribution in [0.15, 0.2) is 64.5 Å². The van der Waals surface area contributed by atoms with Gasteiger partial charge in [0.1, 0.15) is 17.9 Å². The normalized spacial score (nSPS) is 14.2. The average Bonchev–Trinajstić information content (AvgIpc) is 3.44. The number of piperidine rings is 1. The molecular formula is C27H23F4N5O4S. The number of anilines is 3. The maximum atomic E-state index is 14.6. The number of likely N-dealkylation sites (tertiary alicyclic amines) is 1. The lowest BCUT2D eigenvalue weighted by atomic mass is 9.89. The summed E-state index contributed by atoms with van der Waals surface area (Å²) in [6.45, 7) is 1.95. The van der Waals surface area contributed by atoms with Crippen LogP contribution >= 0.6 is 0 Å². The van der Waals surface area contributed by atoms with Crippen molar-refractivity contribution < 1.29 is 35.3 Å². The monoisotopic (exact) mass is 589 g/mol. The third kappa shape index (κ3) is 5.87. The van der Waals surface area contributed by atoms with Gasteiger partial charge >= 0.3 is 0 Å². The Morgan fingerprint density at radius 2 is 1.73 bits per heavy atom. The van der Waals surface area contributed by atoms with Crippen LogP contribution in [-0.4, -0.2) is 42.5 Å². The fourth-order valence-corrected chi connectivity index (χ4v) is 5.92. The Balaban J connectivity index is 1.49. The van der Waals surface area contributed by atoms with Gasteiger partial charge in [0.05, 0.1) is 16.9 Å². The standard InChI is InChI=1S/C27H23F4N5O4S/c1-15-25(33-22-13-19(29)12-21(30)24(22)31)20(14-32-26(15)41(38,39)35-23-8-11-40-34-23)27(37)36-9-6-17(7-10-36)16-2-4-18(28)5-3-16/h2-5,8,11-14,17H,6-7,9-10H2,1H3,(H,32,33)(H,34,35). The second kappa shape index (κ2) is 11.2. The Morgan fingerprint density at radius 3 is 2.39 bits per heavy atom. The minimum Gasteiger partial charge on any atom is -0.363 e. The number of rotatable bonds is 7. The quantitative estimate of drug-likeness (QED) is 0.216. The molecule has 5 rings (SSSR count). The van der Waals surface area contributed by atoms with E-state index in [0.717, 1.165) is 18.0 Å². The van der Waals surface area contributed by atoms with Gasteiger partial charge in [0.2, 0.25) is 0 Å². The fourth-order valence-electron chi connectivity index (χ4n) is 4.74. The van der Waals surface area contributed by atoms with E-state index >= 15 is 0 Å². The van der Waals surface area contributed by atoms with Gasteiger partial charge in [-0.2, -0.15) is 8.42 Å². The van der Waals surface area contributed by atoms with Crippen molar-refractivity contribution >= 4 is 33.1 Å². The van der Waals surface area contributed by atoms with Gasteiger partial charge in [0.15, 0.2) is 22.5 Å². The average molecular weight is 590 g/mol. The topological polar surface area (TPSA) is 117 Å². The lowest BCUT2D eigenvalue weighted by Gasteiger charge is -2.33. The number of amides is 1. The summed E-state index contributed by atoms with van der Waals surface area (Å²) in [7, 11) is -4.38. The van der Waals surface area contributed by atoms with Crippen LogP contribution < -0.4 is 10.0 Å². The number of pyridine rings is 1. The van der Waals surface area contributed by atoms with Gasteiger partial charge in [0, 0.05) is 43.0 Å². The van der Waals surface area contributed by atoms with Crippen molar-refractivity contribution in [3.63, 3.8) is 0 Å². The summed E-state index contributed by atoms with van der Waals surface area (Å²) in [5.74, 6) is -4.93. The summed E-state index contributed by atoms with van der Waals surface area (Å²) in [4.78, 5) is 19.2. The lowest BCUT2D eigenvalue weighted by Crippen LogP contribution is -2.38. The maximum absolute atomic E-state index is 14.6. The predicted molar refractivity (Wildman–Crippen MR) is 140 cm³/mol. The van der Waals surface area contributed by atoms with Gasteiger partial charge in [-0.3, -0.25) is 9.52 Å². The van der Waals surface area contributed by atoms with Crippen LogP contribution in [0.1, 0.15) is 40.2 Å². The minimum atomic E-state index is -4.38. The number of hydrogen-bond acceptors (Lipinski definition) is 7. The van der Waals surface area contributed by atoms with Gasteiger partial charge in [0.25, 0.3) is 15.9 Å². The zero-order valence-electron chi connectivity index (χ0n) is 21.5. The Labute approximate surface area is 232 Å². The number of sulfonamides is 1. The number of hydrogen-bond donors (Lipinski definition) is 2. The molecule has 1 amide bonds. The third-order valence-corrected chi connectivity index (χ3v) is 8.21. The molecule has 1 aliphatic rings. The highest BCUT2D eigenvalue weighted by Gasteiger charge is 2.30. The van der Waals surface area contributed by atoms with Gasteiger partial charge in [-0.15, -0.1) is 0 Å². The number of halogens is 4. The van der Waals surface area contributed by atoms with Crippen LogP contribution in [0.2, 0.25) is 0 Å². The molecule has 0 unspecified atom stereocenters. The van der Waals surface area contributed by atoms with Crippen molar-refractivity contribution in [3.8, 4) is 0 Å². The van der Waals surface area contributed by atoms with Crippen molar-refractivity contribution in [1.29, 1.82) is 0 Å². The smallest absolute Gasteiger partial charge is 0.280 e. The fraction of sp³-hybridized carbons (Fsp3) is 0.222. The summed E-state index contributed by atoms with van der Waals surface area (Å²) in [6.07, 6.45) is 3.30. The zero-order valence-corrected chi connectivity index (χ0v) is 22.3. The molecule has 0 spiro atoms. The molecule has 2 aromatic heterocycles. The van der Waals surface area contributed by atoms with Crippen molar-refractivity contribution in [3.05, 3.63) is 94.9 Å². The van der Waals surface area contributed by atoms with E-state index in [1.165, 1.54) is 30.0 Å². The summed E-state index contributed by atoms with van der Waals surface area (Å²) in [5, 5.41) is 5.48. The molecule has 9 nitrogen and oxygen atoms in total. The van der Waals surface area contributed by atoms with Gasteiger partial charge in [-0.25, -0.2) is 22.5 Å². The van der Waals surface area contributed by atoms with E-state index in [4.69, 9.17) is 0 Å². The summed E-state index contributed by atoms with van der Waals surface area (Å²) < 4.78 is 88.9. The van der Waals surface area contributed by atoms with Crippen molar-refractivity contribution in [2.45, 2.75) is 30.7 Å². The first-order valence-corrected chi connectivity index (χ1v) is 13.9. The first-order chi connectivity index (χ1) is 19.5. The molecular weight excluding hydrogens is 566 g/mol.